The van der Waals surface area contributed by atoms with Crippen molar-refractivity contribution in [2.45, 2.75) is 26.4 Å². The highest BCUT2D eigenvalue weighted by molar-refractivity contribution is 5.36. The van der Waals surface area contributed by atoms with E-state index in [0.717, 1.165) is 13.1 Å². The fourth-order valence-electron chi connectivity index (χ4n) is 2.88. The van der Waals surface area contributed by atoms with Crippen LogP contribution in [0.3, 0.4) is 0 Å². The Balaban J connectivity index is 1.77. The first kappa shape index (κ1) is 11.5. The molecular weight excluding hydrogens is 220 g/mol. The summed E-state index contributed by atoms with van der Waals surface area (Å²) in [5.74, 6) is 0. The lowest BCUT2D eigenvalue weighted by atomic mass is 9.95. The van der Waals surface area contributed by atoms with Crippen LogP contribution in [0.5, 0.6) is 0 Å². The minimum Gasteiger partial charge on any atom is -0.353 e. The molecule has 3 rings (SSSR count). The van der Waals surface area contributed by atoms with E-state index in [4.69, 9.17) is 0 Å². The first-order valence-electron chi connectivity index (χ1n) is 6.64. The lowest BCUT2D eigenvalue weighted by molar-refractivity contribution is 0.240. The van der Waals surface area contributed by atoms with Crippen LogP contribution in [0.25, 0.3) is 0 Å². The van der Waals surface area contributed by atoms with Crippen LogP contribution in [0, 0.1) is 6.92 Å². The molecule has 2 heteroatoms. The van der Waals surface area contributed by atoms with E-state index in [1.54, 1.807) is 5.56 Å². The summed E-state index contributed by atoms with van der Waals surface area (Å²) in [5.41, 5.74) is 5.92. The third-order valence-corrected chi connectivity index (χ3v) is 4.02. The summed E-state index contributed by atoms with van der Waals surface area (Å²) < 4.78 is 2.21. The van der Waals surface area contributed by atoms with Crippen LogP contribution >= 0.6 is 0 Å². The number of hydrogen-bond acceptors (Lipinski definition) is 1. The molecule has 0 fully saturated rings. The van der Waals surface area contributed by atoms with Gasteiger partial charge >= 0.3 is 0 Å². The summed E-state index contributed by atoms with van der Waals surface area (Å²) in [6.07, 6.45) is 3.31. The molecule has 1 aliphatic rings. The second-order valence-electron chi connectivity index (χ2n) is 5.28. The highest BCUT2D eigenvalue weighted by Crippen LogP contribution is 2.23. The molecule has 1 aromatic carbocycles. The van der Waals surface area contributed by atoms with Crippen molar-refractivity contribution in [2.24, 2.45) is 7.05 Å². The Bertz CT molecular complexity index is 554. The molecular formula is C16H20N2. The van der Waals surface area contributed by atoms with Gasteiger partial charge in [0.05, 0.1) is 0 Å². The average molecular weight is 240 g/mol. The van der Waals surface area contributed by atoms with Crippen LogP contribution in [0.4, 0.5) is 0 Å². The fraction of sp³-hybridized carbons (Fsp3) is 0.375. The molecule has 0 atom stereocenters. The van der Waals surface area contributed by atoms with Crippen LogP contribution < -0.4 is 0 Å². The van der Waals surface area contributed by atoms with Crippen molar-refractivity contribution in [3.63, 3.8) is 0 Å². The second kappa shape index (κ2) is 4.62. The van der Waals surface area contributed by atoms with Gasteiger partial charge in [0.15, 0.2) is 0 Å². The number of hydrogen-bond donors (Lipinski definition) is 0. The number of rotatable bonds is 2. The number of aryl methyl sites for hydroxylation is 2. The van der Waals surface area contributed by atoms with E-state index in [-0.39, 0.29) is 0 Å². The average Bonchev–Trinajstić information content (AvgIpc) is 2.75. The van der Waals surface area contributed by atoms with Crippen molar-refractivity contribution in [3.05, 3.63) is 58.9 Å². The molecule has 18 heavy (non-hydrogen) atoms. The highest BCUT2D eigenvalue weighted by Gasteiger charge is 2.17. The first-order chi connectivity index (χ1) is 8.74. The molecule has 0 unspecified atom stereocenters. The van der Waals surface area contributed by atoms with Crippen molar-refractivity contribution in [2.75, 3.05) is 6.54 Å². The molecule has 0 radical (unpaired) electrons. The van der Waals surface area contributed by atoms with Crippen LogP contribution in [-0.4, -0.2) is 16.0 Å². The Morgan fingerprint density at radius 3 is 2.83 bits per heavy atom. The molecule has 0 N–H and O–H groups in total. The van der Waals surface area contributed by atoms with Gasteiger partial charge in [-0.1, -0.05) is 18.2 Å². The predicted octanol–water partition coefficient (Wildman–Crippen LogP) is 2.89. The largest absolute Gasteiger partial charge is 0.353 e. The number of nitrogens with zero attached hydrogens (tertiary/aromatic N) is 2. The predicted molar refractivity (Wildman–Crippen MR) is 74.4 cm³/mol. The maximum Gasteiger partial charge on any atom is 0.0390 e. The van der Waals surface area contributed by atoms with Gasteiger partial charge in [0.25, 0.3) is 0 Å². The molecule has 0 saturated heterocycles. The van der Waals surface area contributed by atoms with Gasteiger partial charge in [-0.15, -0.1) is 0 Å². The molecule has 0 amide bonds. The SMILES string of the molecule is Cc1cccc2c1CCN(Cc1cccn1C)C2. The summed E-state index contributed by atoms with van der Waals surface area (Å²) in [6, 6.07) is 11.0. The topological polar surface area (TPSA) is 8.17 Å². The van der Waals surface area contributed by atoms with E-state index in [0.29, 0.717) is 0 Å². The maximum absolute atomic E-state index is 2.54. The van der Waals surface area contributed by atoms with E-state index >= 15 is 0 Å². The van der Waals surface area contributed by atoms with E-state index < -0.39 is 0 Å². The van der Waals surface area contributed by atoms with E-state index in [2.05, 4.69) is 60.0 Å². The zero-order valence-electron chi connectivity index (χ0n) is 11.2. The molecule has 1 aliphatic heterocycles. The molecule has 1 aromatic heterocycles. The first-order valence-corrected chi connectivity index (χ1v) is 6.64. The third kappa shape index (κ3) is 2.08. The monoisotopic (exact) mass is 240 g/mol. The Kier molecular flexibility index (Phi) is 2.96. The molecule has 0 aliphatic carbocycles. The van der Waals surface area contributed by atoms with E-state index in [9.17, 15) is 0 Å². The summed E-state index contributed by atoms with van der Waals surface area (Å²) >= 11 is 0. The number of benzene rings is 1. The van der Waals surface area contributed by atoms with Crippen molar-refractivity contribution in [3.8, 4) is 0 Å². The van der Waals surface area contributed by atoms with Gasteiger partial charge in [0, 0.05) is 38.6 Å². The molecule has 2 heterocycles. The minimum atomic E-state index is 1.05. The lowest BCUT2D eigenvalue weighted by Gasteiger charge is -2.29. The summed E-state index contributed by atoms with van der Waals surface area (Å²) in [5, 5.41) is 0. The molecule has 0 spiro atoms. The summed E-state index contributed by atoms with van der Waals surface area (Å²) in [4.78, 5) is 2.54. The normalized spacial score (nSPS) is 15.7. The van der Waals surface area contributed by atoms with E-state index in [1.807, 2.05) is 0 Å². The van der Waals surface area contributed by atoms with Gasteiger partial charge in [0.2, 0.25) is 0 Å². The Morgan fingerprint density at radius 2 is 2.06 bits per heavy atom. The van der Waals surface area contributed by atoms with E-state index in [1.165, 1.54) is 29.8 Å². The number of fused-ring (bicyclic) bond motifs is 1. The second-order valence-corrected chi connectivity index (χ2v) is 5.28. The van der Waals surface area contributed by atoms with Crippen molar-refractivity contribution in [1.29, 1.82) is 0 Å². The van der Waals surface area contributed by atoms with Crippen LogP contribution in [0.15, 0.2) is 36.5 Å². The van der Waals surface area contributed by atoms with Crippen molar-refractivity contribution < 1.29 is 0 Å². The zero-order valence-corrected chi connectivity index (χ0v) is 11.2. The standard InChI is InChI=1S/C16H20N2/c1-13-5-3-6-14-11-18(10-8-16(13)14)12-15-7-4-9-17(15)2/h3-7,9H,8,10-12H2,1-2H3. The Morgan fingerprint density at radius 1 is 1.17 bits per heavy atom. The maximum atomic E-state index is 2.54. The van der Waals surface area contributed by atoms with Gasteiger partial charge in [-0.05, 0) is 42.2 Å². The Hall–Kier alpha value is -1.54. The molecule has 94 valence electrons. The third-order valence-electron chi connectivity index (χ3n) is 4.02. The van der Waals surface area contributed by atoms with Crippen LogP contribution in [0.2, 0.25) is 0 Å². The van der Waals surface area contributed by atoms with Crippen LogP contribution in [0.1, 0.15) is 22.4 Å². The Labute approximate surface area is 109 Å². The van der Waals surface area contributed by atoms with Gasteiger partial charge in [-0.25, -0.2) is 0 Å². The van der Waals surface area contributed by atoms with Gasteiger partial charge in [0.1, 0.15) is 0 Å². The van der Waals surface area contributed by atoms with Crippen LogP contribution in [-0.2, 0) is 26.6 Å². The molecule has 2 aromatic rings. The minimum absolute atomic E-state index is 1.05. The molecule has 2 nitrogen and oxygen atoms in total. The van der Waals surface area contributed by atoms with Crippen molar-refractivity contribution >= 4 is 0 Å². The molecule has 0 bridgehead atoms. The zero-order chi connectivity index (χ0) is 12.5. The number of aromatic nitrogens is 1. The summed E-state index contributed by atoms with van der Waals surface area (Å²) in [6.45, 7) is 5.54. The summed E-state index contributed by atoms with van der Waals surface area (Å²) in [7, 11) is 2.12. The van der Waals surface area contributed by atoms with Crippen molar-refractivity contribution in [1.82, 2.24) is 9.47 Å². The smallest absolute Gasteiger partial charge is 0.0390 e. The van der Waals surface area contributed by atoms with Gasteiger partial charge in [-0.3, -0.25) is 4.90 Å². The highest BCUT2D eigenvalue weighted by atomic mass is 15.1. The molecule has 0 saturated carbocycles. The quantitative estimate of drug-likeness (QED) is 0.783. The van der Waals surface area contributed by atoms with Gasteiger partial charge in [-0.2, -0.15) is 0 Å². The lowest BCUT2D eigenvalue weighted by Crippen LogP contribution is -2.31. The fourth-order valence-corrected chi connectivity index (χ4v) is 2.88. The van der Waals surface area contributed by atoms with Gasteiger partial charge < -0.3 is 4.57 Å².